The zero-order valence-electron chi connectivity index (χ0n) is 12.7. The molecular weight excluding hydrogens is 346 g/mol. The minimum atomic E-state index is -4.84. The summed E-state index contributed by atoms with van der Waals surface area (Å²) in [5.74, 6) is -1.73. The molecule has 2 rings (SSSR count). The fourth-order valence-corrected chi connectivity index (χ4v) is 1.92. The molecule has 0 aliphatic rings. The van der Waals surface area contributed by atoms with Crippen molar-refractivity contribution in [1.29, 1.82) is 5.26 Å². The molecule has 0 radical (unpaired) electrons. The Morgan fingerprint density at radius 1 is 1.44 bits per heavy atom. The Morgan fingerprint density at radius 2 is 2.12 bits per heavy atom. The summed E-state index contributed by atoms with van der Waals surface area (Å²) in [5, 5.41) is 24.5. The van der Waals surface area contributed by atoms with E-state index in [1.807, 2.05) is 0 Å². The molecular formula is C14H11F4N5O2. The van der Waals surface area contributed by atoms with Gasteiger partial charge >= 0.3 is 6.18 Å². The van der Waals surface area contributed by atoms with E-state index in [0.29, 0.717) is 6.07 Å². The molecule has 11 heteroatoms. The summed E-state index contributed by atoms with van der Waals surface area (Å²) >= 11 is 0. The van der Waals surface area contributed by atoms with Crippen LogP contribution in [0.25, 0.3) is 0 Å². The quantitative estimate of drug-likeness (QED) is 0.811. The molecule has 0 bridgehead atoms. The number of hydrogen-bond donors (Lipinski definition) is 2. The molecule has 2 N–H and O–H groups in total. The van der Waals surface area contributed by atoms with E-state index >= 15 is 0 Å². The van der Waals surface area contributed by atoms with Gasteiger partial charge in [-0.05, 0) is 13.0 Å². The van der Waals surface area contributed by atoms with Crippen LogP contribution in [0.1, 0.15) is 18.2 Å². The van der Waals surface area contributed by atoms with Crippen molar-refractivity contribution in [2.75, 3.05) is 5.32 Å². The molecule has 2 heterocycles. The number of carbonyl (C=O) groups excluding carboxylic acids is 1. The van der Waals surface area contributed by atoms with Crippen molar-refractivity contribution < 1.29 is 27.5 Å². The largest absolute Gasteiger partial charge is 0.419 e. The molecule has 0 aliphatic carbocycles. The number of hydrogen-bond acceptors (Lipinski definition) is 5. The van der Waals surface area contributed by atoms with Gasteiger partial charge in [-0.2, -0.15) is 23.5 Å². The van der Waals surface area contributed by atoms with Gasteiger partial charge in [0.15, 0.2) is 17.1 Å². The summed E-state index contributed by atoms with van der Waals surface area (Å²) in [7, 11) is 0. The van der Waals surface area contributed by atoms with E-state index in [2.05, 4.69) is 15.4 Å². The van der Waals surface area contributed by atoms with Crippen LogP contribution >= 0.6 is 0 Å². The van der Waals surface area contributed by atoms with Crippen LogP contribution in [0, 0.1) is 17.1 Å². The van der Waals surface area contributed by atoms with Crippen molar-refractivity contribution in [3.63, 3.8) is 0 Å². The van der Waals surface area contributed by atoms with Gasteiger partial charge < -0.3 is 10.4 Å². The third-order valence-electron chi connectivity index (χ3n) is 3.12. The van der Waals surface area contributed by atoms with Crippen molar-refractivity contribution >= 4 is 11.6 Å². The molecule has 7 nitrogen and oxygen atoms in total. The number of nitriles is 1. The molecule has 2 aromatic heterocycles. The highest BCUT2D eigenvalue weighted by Gasteiger charge is 2.36. The van der Waals surface area contributed by atoms with Crippen LogP contribution in [0.5, 0.6) is 0 Å². The molecule has 0 aromatic carbocycles. The Hall–Kier alpha value is -3.00. The number of anilines is 1. The number of alkyl halides is 3. The summed E-state index contributed by atoms with van der Waals surface area (Å²) < 4.78 is 52.5. The lowest BCUT2D eigenvalue weighted by molar-refractivity contribution is -0.138. The van der Waals surface area contributed by atoms with Crippen molar-refractivity contribution in [2.24, 2.45) is 0 Å². The topological polar surface area (TPSA) is 104 Å². The third kappa shape index (κ3) is 4.30. The van der Waals surface area contributed by atoms with Crippen LogP contribution in [-0.2, 0) is 17.5 Å². The van der Waals surface area contributed by atoms with E-state index in [4.69, 9.17) is 5.26 Å². The smallest absolute Gasteiger partial charge is 0.378 e. The third-order valence-corrected chi connectivity index (χ3v) is 3.12. The Labute approximate surface area is 138 Å². The van der Waals surface area contributed by atoms with Gasteiger partial charge in [-0.3, -0.25) is 9.48 Å². The zero-order chi connectivity index (χ0) is 18.8. The predicted molar refractivity (Wildman–Crippen MR) is 75.4 cm³/mol. The fourth-order valence-electron chi connectivity index (χ4n) is 1.92. The number of aromatic nitrogens is 3. The van der Waals surface area contributed by atoms with Crippen molar-refractivity contribution in [2.45, 2.75) is 25.2 Å². The standard InChI is InChI=1S/C14H11F4N5O2/c1-13(25,7-23-6-8(15)4-21-23)12(24)22-9-2-10(14(16,17)18)11(3-19)20-5-9/h2,4-6,25H,7H2,1H3,(H,22,24). The molecule has 1 unspecified atom stereocenters. The highest BCUT2D eigenvalue weighted by atomic mass is 19.4. The highest BCUT2D eigenvalue weighted by Crippen LogP contribution is 2.32. The van der Waals surface area contributed by atoms with Gasteiger partial charge in [0.1, 0.15) is 6.07 Å². The maximum absolute atomic E-state index is 12.9. The second-order valence-corrected chi connectivity index (χ2v) is 5.31. The van der Waals surface area contributed by atoms with E-state index in [9.17, 15) is 27.5 Å². The normalized spacial score (nSPS) is 13.8. The summed E-state index contributed by atoms with van der Waals surface area (Å²) in [6.45, 7) is 0.655. The lowest BCUT2D eigenvalue weighted by Gasteiger charge is -2.22. The summed E-state index contributed by atoms with van der Waals surface area (Å²) in [6, 6.07) is 1.84. The number of nitrogens with one attached hydrogen (secondary N) is 1. The lowest BCUT2D eigenvalue weighted by Crippen LogP contribution is -2.43. The SMILES string of the molecule is CC(O)(Cn1cc(F)cn1)C(=O)Nc1cnc(C#N)c(C(F)(F)F)c1. The number of pyridine rings is 1. The van der Waals surface area contributed by atoms with Crippen LogP contribution < -0.4 is 5.32 Å². The van der Waals surface area contributed by atoms with Crippen LogP contribution in [-0.4, -0.2) is 31.4 Å². The molecule has 2 aromatic rings. The lowest BCUT2D eigenvalue weighted by atomic mass is 10.1. The van der Waals surface area contributed by atoms with E-state index < -0.39 is 41.3 Å². The average molecular weight is 357 g/mol. The molecule has 25 heavy (non-hydrogen) atoms. The number of aliphatic hydroxyl groups is 1. The first-order chi connectivity index (χ1) is 11.5. The van der Waals surface area contributed by atoms with E-state index in [1.54, 1.807) is 0 Å². The number of halogens is 4. The summed E-state index contributed by atoms with van der Waals surface area (Å²) in [5.41, 5.74) is -4.61. The van der Waals surface area contributed by atoms with Gasteiger partial charge in [-0.25, -0.2) is 9.37 Å². The Balaban J connectivity index is 2.21. The minimum absolute atomic E-state index is 0.358. The summed E-state index contributed by atoms with van der Waals surface area (Å²) in [4.78, 5) is 15.4. The van der Waals surface area contributed by atoms with Gasteiger partial charge in [-0.1, -0.05) is 0 Å². The van der Waals surface area contributed by atoms with Gasteiger partial charge in [0, 0.05) is 0 Å². The molecule has 0 spiro atoms. The fraction of sp³-hybridized carbons (Fsp3) is 0.286. The van der Waals surface area contributed by atoms with E-state index in [-0.39, 0.29) is 5.69 Å². The monoisotopic (exact) mass is 357 g/mol. The Morgan fingerprint density at radius 3 is 2.64 bits per heavy atom. The van der Waals surface area contributed by atoms with Crippen molar-refractivity contribution in [3.8, 4) is 6.07 Å². The first kappa shape index (κ1) is 18.3. The van der Waals surface area contributed by atoms with Crippen LogP contribution in [0.4, 0.5) is 23.2 Å². The highest BCUT2D eigenvalue weighted by molar-refractivity contribution is 5.96. The maximum Gasteiger partial charge on any atom is 0.419 e. The first-order valence-corrected chi connectivity index (χ1v) is 6.72. The second kappa shape index (κ2) is 6.48. The van der Waals surface area contributed by atoms with Crippen LogP contribution in [0.3, 0.4) is 0 Å². The van der Waals surface area contributed by atoms with Crippen LogP contribution in [0.15, 0.2) is 24.7 Å². The Bertz CT molecular complexity index is 838. The zero-order valence-corrected chi connectivity index (χ0v) is 12.7. The Kier molecular flexibility index (Phi) is 4.75. The predicted octanol–water partition coefficient (Wildman–Crippen LogP) is 1.70. The van der Waals surface area contributed by atoms with Gasteiger partial charge in [0.25, 0.3) is 5.91 Å². The van der Waals surface area contributed by atoms with E-state index in [0.717, 1.165) is 30.2 Å². The van der Waals surface area contributed by atoms with Crippen LogP contribution in [0.2, 0.25) is 0 Å². The van der Waals surface area contributed by atoms with E-state index in [1.165, 1.54) is 6.07 Å². The molecule has 0 saturated carbocycles. The number of carbonyl (C=O) groups is 1. The minimum Gasteiger partial charge on any atom is -0.378 e. The molecule has 132 valence electrons. The van der Waals surface area contributed by atoms with Gasteiger partial charge in [0.2, 0.25) is 0 Å². The second-order valence-electron chi connectivity index (χ2n) is 5.31. The van der Waals surface area contributed by atoms with Gasteiger partial charge in [0.05, 0.1) is 36.4 Å². The molecule has 0 saturated heterocycles. The number of rotatable bonds is 4. The van der Waals surface area contributed by atoms with Crippen molar-refractivity contribution in [3.05, 3.63) is 41.7 Å². The molecule has 1 atom stereocenters. The number of nitrogens with zero attached hydrogens (tertiary/aromatic N) is 4. The first-order valence-electron chi connectivity index (χ1n) is 6.72. The molecule has 0 aliphatic heterocycles. The molecule has 1 amide bonds. The number of amides is 1. The average Bonchev–Trinajstić information content (AvgIpc) is 2.90. The van der Waals surface area contributed by atoms with Gasteiger partial charge in [-0.15, -0.1) is 0 Å². The van der Waals surface area contributed by atoms with Crippen molar-refractivity contribution in [1.82, 2.24) is 14.8 Å². The maximum atomic E-state index is 12.9. The summed E-state index contributed by atoms with van der Waals surface area (Å²) in [6.07, 6.45) is -2.18. The molecule has 0 fully saturated rings.